The van der Waals surface area contributed by atoms with Gasteiger partial charge in [0, 0.05) is 12.5 Å². The third-order valence-corrected chi connectivity index (χ3v) is 2.84. The fourth-order valence-electron chi connectivity index (χ4n) is 1.80. The number of aromatic nitrogens is 1. The van der Waals surface area contributed by atoms with Gasteiger partial charge < -0.3 is 9.84 Å². The Labute approximate surface area is 118 Å². The Morgan fingerprint density at radius 3 is 2.52 bits per heavy atom. The highest BCUT2D eigenvalue weighted by molar-refractivity contribution is 5.92. The molecule has 0 saturated carbocycles. The molecule has 7 heteroatoms. The minimum absolute atomic E-state index is 0.171. The van der Waals surface area contributed by atoms with E-state index in [9.17, 15) is 18.0 Å². The number of rotatable bonds is 4. The molecule has 1 atom stereocenters. The average molecular weight is 298 g/mol. The maximum absolute atomic E-state index is 13.0. The van der Waals surface area contributed by atoms with Gasteiger partial charge in [-0.1, -0.05) is 35.5 Å². The maximum Gasteiger partial charge on any atom is 0.408 e. The first-order chi connectivity index (χ1) is 9.86. The van der Waals surface area contributed by atoms with E-state index in [2.05, 4.69) is 9.68 Å². The smallest absolute Gasteiger partial charge is 0.361 e. The zero-order valence-corrected chi connectivity index (χ0v) is 11.1. The molecule has 4 nitrogen and oxygen atoms in total. The third-order valence-electron chi connectivity index (χ3n) is 2.84. The van der Waals surface area contributed by atoms with Gasteiger partial charge in [-0.2, -0.15) is 13.2 Å². The van der Waals surface area contributed by atoms with Gasteiger partial charge in [-0.3, -0.25) is 4.79 Å². The van der Waals surface area contributed by atoms with Gasteiger partial charge in [-0.05, 0) is 12.5 Å². The zero-order valence-electron chi connectivity index (χ0n) is 11.1. The molecule has 112 valence electrons. The Morgan fingerprint density at radius 1 is 1.33 bits per heavy atom. The number of nitrogens with one attached hydrogen (secondary N) is 1. The number of alkyl halides is 3. The molecule has 0 bridgehead atoms. The van der Waals surface area contributed by atoms with Crippen LogP contribution in [-0.4, -0.2) is 23.3 Å². The van der Waals surface area contributed by atoms with Gasteiger partial charge in [0.05, 0.1) is 0 Å². The molecule has 0 aliphatic carbocycles. The molecule has 1 heterocycles. The van der Waals surface area contributed by atoms with E-state index >= 15 is 0 Å². The van der Waals surface area contributed by atoms with Gasteiger partial charge >= 0.3 is 6.18 Å². The van der Waals surface area contributed by atoms with Crippen LogP contribution in [0.3, 0.4) is 0 Å². The van der Waals surface area contributed by atoms with E-state index in [1.165, 1.54) is 6.07 Å². The summed E-state index contributed by atoms with van der Waals surface area (Å²) in [5.41, 5.74) is 0.311. The molecular weight excluding hydrogens is 285 g/mol. The Kier molecular flexibility index (Phi) is 4.30. The summed E-state index contributed by atoms with van der Waals surface area (Å²) in [6.07, 6.45) is -4.89. The first-order valence-corrected chi connectivity index (χ1v) is 6.21. The Balaban J connectivity index is 2.12. The number of amides is 1. The minimum Gasteiger partial charge on any atom is -0.361 e. The second-order valence-electron chi connectivity index (χ2n) is 4.58. The summed E-state index contributed by atoms with van der Waals surface area (Å²) in [6.45, 7) is 1.55. The maximum atomic E-state index is 13.0. The predicted octanol–water partition coefficient (Wildman–Crippen LogP) is 2.89. The minimum atomic E-state index is -4.55. The third kappa shape index (κ3) is 4.08. The second kappa shape index (κ2) is 5.99. The lowest BCUT2D eigenvalue weighted by Gasteiger charge is -2.21. The van der Waals surface area contributed by atoms with E-state index in [-0.39, 0.29) is 12.1 Å². The Morgan fingerprint density at radius 2 is 2.00 bits per heavy atom. The van der Waals surface area contributed by atoms with Crippen LogP contribution in [0.5, 0.6) is 0 Å². The largest absolute Gasteiger partial charge is 0.408 e. The van der Waals surface area contributed by atoms with Gasteiger partial charge in [0.1, 0.15) is 11.8 Å². The van der Waals surface area contributed by atoms with Crippen LogP contribution >= 0.6 is 0 Å². The van der Waals surface area contributed by atoms with Crippen molar-refractivity contribution in [3.05, 3.63) is 53.4 Å². The zero-order chi connectivity index (χ0) is 15.5. The van der Waals surface area contributed by atoms with E-state index < -0.39 is 18.1 Å². The molecule has 0 aliphatic rings. The standard InChI is InChI=1S/C14H13F3N2O2/c1-9-7-11(19-21-9)13(20)18-12(14(15,16)17)8-10-5-3-2-4-6-10/h2-7,12H,8H2,1H3,(H,18,20). The number of carbonyl (C=O) groups excluding carboxylic acids is 1. The average Bonchev–Trinajstić information content (AvgIpc) is 2.85. The Hall–Kier alpha value is -2.31. The topological polar surface area (TPSA) is 55.1 Å². The van der Waals surface area contributed by atoms with Crippen molar-refractivity contribution in [3.63, 3.8) is 0 Å². The number of halogens is 3. The van der Waals surface area contributed by atoms with Gasteiger partial charge in [0.15, 0.2) is 5.69 Å². The lowest BCUT2D eigenvalue weighted by molar-refractivity contribution is -0.153. The molecule has 0 aliphatic heterocycles. The van der Waals surface area contributed by atoms with Crippen LogP contribution < -0.4 is 5.32 Å². The predicted molar refractivity (Wildman–Crippen MR) is 68.7 cm³/mol. The number of carbonyl (C=O) groups is 1. The Bertz CT molecular complexity index is 608. The van der Waals surface area contributed by atoms with Gasteiger partial charge in [0.2, 0.25) is 0 Å². The number of benzene rings is 1. The normalized spacial score (nSPS) is 13.0. The number of nitrogens with zero attached hydrogens (tertiary/aromatic N) is 1. The number of aryl methyl sites for hydroxylation is 1. The summed E-state index contributed by atoms with van der Waals surface area (Å²) in [5, 5.41) is 5.35. The quantitative estimate of drug-likeness (QED) is 0.944. The van der Waals surface area contributed by atoms with Crippen LogP contribution in [0.15, 0.2) is 40.9 Å². The fraction of sp³-hybridized carbons (Fsp3) is 0.286. The molecule has 21 heavy (non-hydrogen) atoms. The molecule has 2 rings (SSSR count). The van der Waals surface area contributed by atoms with Crippen molar-refractivity contribution < 1.29 is 22.5 Å². The molecule has 0 fully saturated rings. The molecular formula is C14H13F3N2O2. The summed E-state index contributed by atoms with van der Waals surface area (Å²) in [5.74, 6) is -0.558. The van der Waals surface area contributed by atoms with Crippen LogP contribution in [0.2, 0.25) is 0 Å². The molecule has 1 aromatic heterocycles. The summed E-state index contributed by atoms with van der Waals surface area (Å²) < 4.78 is 43.8. The van der Waals surface area contributed by atoms with E-state index in [0.29, 0.717) is 11.3 Å². The molecule has 1 unspecified atom stereocenters. The number of hydrogen-bond donors (Lipinski definition) is 1. The highest BCUT2D eigenvalue weighted by atomic mass is 19.4. The summed E-state index contributed by atoms with van der Waals surface area (Å²) >= 11 is 0. The van der Waals surface area contributed by atoms with Gasteiger partial charge in [0.25, 0.3) is 5.91 Å². The van der Waals surface area contributed by atoms with Crippen molar-refractivity contribution in [1.29, 1.82) is 0 Å². The van der Waals surface area contributed by atoms with Crippen LogP contribution in [-0.2, 0) is 6.42 Å². The van der Waals surface area contributed by atoms with Crippen molar-refractivity contribution in [2.24, 2.45) is 0 Å². The molecule has 1 amide bonds. The number of hydrogen-bond acceptors (Lipinski definition) is 3. The second-order valence-corrected chi connectivity index (χ2v) is 4.58. The van der Waals surface area contributed by atoms with E-state index in [4.69, 9.17) is 0 Å². The molecule has 0 saturated heterocycles. The van der Waals surface area contributed by atoms with Crippen LogP contribution in [0.1, 0.15) is 21.8 Å². The van der Waals surface area contributed by atoms with E-state index in [1.807, 2.05) is 5.32 Å². The van der Waals surface area contributed by atoms with Crippen LogP contribution in [0.4, 0.5) is 13.2 Å². The van der Waals surface area contributed by atoms with Crippen molar-refractivity contribution in [3.8, 4) is 0 Å². The van der Waals surface area contributed by atoms with Crippen LogP contribution in [0.25, 0.3) is 0 Å². The SMILES string of the molecule is Cc1cc(C(=O)NC(Cc2ccccc2)C(F)(F)F)no1. The fourth-order valence-corrected chi connectivity index (χ4v) is 1.80. The van der Waals surface area contributed by atoms with Crippen molar-refractivity contribution in [1.82, 2.24) is 10.5 Å². The van der Waals surface area contributed by atoms with Crippen LogP contribution in [0, 0.1) is 6.92 Å². The highest BCUT2D eigenvalue weighted by Gasteiger charge is 2.41. The lowest BCUT2D eigenvalue weighted by atomic mass is 10.1. The molecule has 0 spiro atoms. The van der Waals surface area contributed by atoms with Gasteiger partial charge in [-0.15, -0.1) is 0 Å². The van der Waals surface area contributed by atoms with E-state index in [1.54, 1.807) is 37.3 Å². The highest BCUT2D eigenvalue weighted by Crippen LogP contribution is 2.23. The van der Waals surface area contributed by atoms with Gasteiger partial charge in [-0.25, -0.2) is 0 Å². The molecule has 0 radical (unpaired) electrons. The first-order valence-electron chi connectivity index (χ1n) is 6.21. The molecule has 1 aromatic carbocycles. The van der Waals surface area contributed by atoms with Crippen molar-refractivity contribution in [2.45, 2.75) is 25.6 Å². The lowest BCUT2D eigenvalue weighted by Crippen LogP contribution is -2.46. The van der Waals surface area contributed by atoms with Crippen molar-refractivity contribution in [2.75, 3.05) is 0 Å². The summed E-state index contributed by atoms with van der Waals surface area (Å²) in [7, 11) is 0. The molecule has 2 aromatic rings. The van der Waals surface area contributed by atoms with E-state index in [0.717, 1.165) is 0 Å². The summed E-state index contributed by atoms with van der Waals surface area (Å²) in [6, 6.07) is 7.45. The monoisotopic (exact) mass is 298 g/mol. The first kappa shape index (κ1) is 15.1. The summed E-state index contributed by atoms with van der Waals surface area (Å²) in [4.78, 5) is 11.8. The molecule has 1 N–H and O–H groups in total. The van der Waals surface area contributed by atoms with Crippen molar-refractivity contribution >= 4 is 5.91 Å².